The van der Waals surface area contributed by atoms with Crippen LogP contribution in [0.15, 0.2) is 145 Å². The van der Waals surface area contributed by atoms with Gasteiger partial charge >= 0.3 is 0 Å². The molecular formula is C40H28. The Morgan fingerprint density at radius 1 is 0.500 bits per heavy atom. The highest BCUT2D eigenvalue weighted by atomic mass is 14.2. The molecular weight excluding hydrogens is 480 g/mol. The van der Waals surface area contributed by atoms with Gasteiger partial charge in [0.25, 0.3) is 0 Å². The van der Waals surface area contributed by atoms with Crippen LogP contribution < -0.4 is 0 Å². The van der Waals surface area contributed by atoms with E-state index < -0.39 is 234 Å². The molecule has 2 atom stereocenters. The van der Waals surface area contributed by atoms with Crippen LogP contribution in [0.3, 0.4) is 0 Å². The second-order valence-corrected chi connectivity index (χ2v) is 8.64. The van der Waals surface area contributed by atoms with Gasteiger partial charge in [-0.1, -0.05) is 139 Å². The maximum Gasteiger partial charge on any atom is 0.0636 e. The zero-order valence-corrected chi connectivity index (χ0v) is 20.2. The van der Waals surface area contributed by atoms with Gasteiger partial charge in [0.1, 0.15) is 0 Å². The maximum absolute atomic E-state index is 9.73. The predicted octanol–water partition coefficient (Wildman–Crippen LogP) is 11.2. The first kappa shape index (κ1) is 8.78. The molecule has 7 aromatic rings. The van der Waals surface area contributed by atoms with Crippen LogP contribution >= 0.6 is 0 Å². The molecule has 0 N–H and O–H groups in total. The fraction of sp³-hybridized carbons (Fsp3) is 0.0500. The molecule has 0 saturated carbocycles. The summed E-state index contributed by atoms with van der Waals surface area (Å²) in [5.74, 6) is 0. The summed E-state index contributed by atoms with van der Waals surface area (Å²) < 4.78 is 232. The first-order chi connectivity index (χ1) is 30.7. The van der Waals surface area contributed by atoms with Gasteiger partial charge in [-0.25, -0.2) is 0 Å². The van der Waals surface area contributed by atoms with E-state index in [1.54, 1.807) is 0 Å². The van der Waals surface area contributed by atoms with Gasteiger partial charge in [0.05, 0.1) is 32.9 Å². The van der Waals surface area contributed by atoms with Crippen molar-refractivity contribution in [1.82, 2.24) is 0 Å². The van der Waals surface area contributed by atoms with Gasteiger partial charge in [-0.3, -0.25) is 0 Å². The van der Waals surface area contributed by atoms with E-state index in [1.165, 1.54) is 0 Å². The number of hydrogen-bond donors (Lipinski definition) is 0. The smallest absolute Gasteiger partial charge is 0.0636 e. The van der Waals surface area contributed by atoms with Gasteiger partial charge in [0, 0.05) is 2.74 Å². The van der Waals surface area contributed by atoms with Crippen molar-refractivity contribution in [3.8, 4) is 11.1 Å². The fourth-order valence-corrected chi connectivity index (χ4v) is 4.75. The van der Waals surface area contributed by atoms with Crippen molar-refractivity contribution >= 4 is 54.2 Å². The van der Waals surface area contributed by atoms with Crippen molar-refractivity contribution < 1.29 is 35.6 Å². The topological polar surface area (TPSA) is 0 Å². The Balaban J connectivity index is 1.71. The van der Waals surface area contributed by atoms with Gasteiger partial charge in [-0.2, -0.15) is 0 Å². The summed E-state index contributed by atoms with van der Waals surface area (Å²) in [5.41, 5.74) is -4.39. The lowest BCUT2D eigenvalue weighted by molar-refractivity contribution is 1.06. The third-order valence-corrected chi connectivity index (χ3v) is 6.44. The van der Waals surface area contributed by atoms with E-state index in [0.29, 0.717) is 0 Å². The average molecular weight is 535 g/mol. The van der Waals surface area contributed by atoms with Gasteiger partial charge in [-0.05, 0) is 95.3 Å². The Labute approximate surface area is 271 Å². The number of allylic oxidation sites excluding steroid dienone is 4. The van der Waals surface area contributed by atoms with Crippen LogP contribution in [0.5, 0.6) is 0 Å². The SMILES string of the molecule is [2H]C1=C(c2c3c([2H])c([2H])c([2H])c([2H])c3c(-c3c([2H])c([2H])c([2H])c4c([2H])c([2H])c([2H])c([2H])c34)c3c([2H])c([2H])c([2H])c([2H])c23)C([2H])C([2H])C([2H])=C1c1c([2H])c([2H])c2c([2H])c([2H])c([2H])c([2H])c2c1[2H]. The Morgan fingerprint density at radius 2 is 1.07 bits per heavy atom. The van der Waals surface area contributed by atoms with E-state index in [-0.39, 0.29) is 0 Å². The zero-order chi connectivity index (χ0) is 49.1. The summed E-state index contributed by atoms with van der Waals surface area (Å²) in [6.45, 7) is 0. The molecule has 8 rings (SSSR count). The highest BCUT2D eigenvalue weighted by molar-refractivity contribution is 6.21. The second kappa shape index (κ2) is 9.36. The number of benzene rings is 7. The minimum atomic E-state index is -2.14. The molecule has 0 nitrogen and oxygen atoms in total. The van der Waals surface area contributed by atoms with Crippen molar-refractivity contribution in [2.24, 2.45) is 0 Å². The summed E-state index contributed by atoms with van der Waals surface area (Å²) in [4.78, 5) is 0. The number of rotatable bonds is 3. The molecule has 0 fully saturated rings. The molecule has 0 radical (unpaired) electrons. The maximum atomic E-state index is 9.73. The lowest BCUT2D eigenvalue weighted by Gasteiger charge is -2.22. The fourth-order valence-electron chi connectivity index (χ4n) is 4.75. The standard InChI is InChI=1S/C40H28/c1-2-13-29-25-31(24-23-27(29)11-1)30-15-9-16-32(26-30)39-35-18-5-7-20-37(35)40(38-21-8-6-19-36(38)39)34-22-10-14-28-12-3-4-17-33(28)34/h1-8,10-15,17-26H,9,16H2/i1D,2D,3D,4D,5D,6D,7D,8D,9D,10D,11D,12D,13D,14D,15D,16D,17D,18D,19D,20D,21D,22D,23D,24D,25D,26D. The van der Waals surface area contributed by atoms with Crippen LogP contribution in [0.2, 0.25) is 0 Å². The molecule has 0 aromatic heterocycles. The molecule has 2 unspecified atom stereocenters. The Kier molecular flexibility index (Phi) is 2.05. The van der Waals surface area contributed by atoms with E-state index in [1.807, 2.05) is 0 Å². The molecule has 7 aromatic carbocycles. The normalized spacial score (nSPS) is 26.9. The lowest BCUT2D eigenvalue weighted by Crippen LogP contribution is -1.97. The molecule has 0 bridgehead atoms. The van der Waals surface area contributed by atoms with Gasteiger partial charge in [-0.15, -0.1) is 0 Å². The lowest BCUT2D eigenvalue weighted by atomic mass is 9.82. The first-order valence-corrected chi connectivity index (χ1v) is 11.9. The molecule has 1 aliphatic carbocycles. The summed E-state index contributed by atoms with van der Waals surface area (Å²) >= 11 is 0. The molecule has 0 heteroatoms. The van der Waals surface area contributed by atoms with Crippen LogP contribution in [-0.2, 0) is 0 Å². The van der Waals surface area contributed by atoms with E-state index >= 15 is 0 Å². The largest absolute Gasteiger partial charge is 0.0763 e. The second-order valence-electron chi connectivity index (χ2n) is 8.64. The van der Waals surface area contributed by atoms with Gasteiger partial charge < -0.3 is 0 Å². The third-order valence-electron chi connectivity index (χ3n) is 6.44. The van der Waals surface area contributed by atoms with E-state index in [2.05, 4.69) is 0 Å². The van der Waals surface area contributed by atoms with E-state index in [9.17, 15) is 11.0 Å². The first-order valence-electron chi connectivity index (χ1n) is 25.1. The van der Waals surface area contributed by atoms with Gasteiger partial charge in [0.2, 0.25) is 0 Å². The zero-order valence-electron chi connectivity index (χ0n) is 46.2. The Bertz CT molecular complexity index is 3460. The van der Waals surface area contributed by atoms with Crippen LogP contribution in [0, 0.1) is 0 Å². The highest BCUT2D eigenvalue weighted by Crippen LogP contribution is 2.45. The molecule has 0 spiro atoms. The predicted molar refractivity (Wildman–Crippen MR) is 174 cm³/mol. The van der Waals surface area contributed by atoms with Crippen molar-refractivity contribution in [3.63, 3.8) is 0 Å². The van der Waals surface area contributed by atoms with Gasteiger partial charge in [0.15, 0.2) is 0 Å². The molecule has 40 heavy (non-hydrogen) atoms. The Hall–Kier alpha value is -4.94. The molecule has 1 aliphatic rings. The molecule has 0 saturated heterocycles. The summed E-state index contributed by atoms with van der Waals surface area (Å²) in [6.07, 6.45) is -4.25. The Morgan fingerprint density at radius 3 is 1.80 bits per heavy atom. The van der Waals surface area contributed by atoms with Crippen molar-refractivity contribution in [2.45, 2.75) is 12.8 Å². The summed E-state index contributed by atoms with van der Waals surface area (Å²) in [5, 5.41) is -5.21. The third kappa shape index (κ3) is 3.68. The summed E-state index contributed by atoms with van der Waals surface area (Å²) in [7, 11) is 0. The van der Waals surface area contributed by atoms with Crippen molar-refractivity contribution in [2.75, 3.05) is 0 Å². The minimum absolute atomic E-state index is 0.542. The van der Waals surface area contributed by atoms with Crippen molar-refractivity contribution in [3.05, 3.63) is 156 Å². The van der Waals surface area contributed by atoms with Crippen LogP contribution in [0.1, 0.15) is 59.6 Å². The highest BCUT2D eigenvalue weighted by Gasteiger charge is 2.20. The number of hydrogen-bond acceptors (Lipinski definition) is 0. The number of fused-ring (bicyclic) bond motifs is 4. The minimum Gasteiger partial charge on any atom is -0.0763 e. The molecule has 0 heterocycles. The van der Waals surface area contributed by atoms with Crippen LogP contribution in [0.4, 0.5) is 0 Å². The summed E-state index contributed by atoms with van der Waals surface area (Å²) in [6, 6.07) is -21.8. The van der Waals surface area contributed by atoms with E-state index in [0.717, 1.165) is 0 Å². The monoisotopic (exact) mass is 534 g/mol. The average Bonchev–Trinajstić information content (AvgIpc) is 3.28. The van der Waals surface area contributed by atoms with E-state index in [4.69, 9.17) is 24.7 Å². The van der Waals surface area contributed by atoms with Crippen LogP contribution in [-0.4, -0.2) is 0 Å². The quantitative estimate of drug-likeness (QED) is 0.198. The molecule has 188 valence electrons. The molecule has 0 aliphatic heterocycles. The molecule has 0 amide bonds. The van der Waals surface area contributed by atoms with Crippen LogP contribution in [0.25, 0.3) is 65.4 Å². The van der Waals surface area contributed by atoms with Crippen molar-refractivity contribution in [1.29, 1.82) is 0 Å².